The van der Waals surface area contributed by atoms with Crippen LogP contribution in [0.1, 0.15) is 22.3 Å². The molecule has 8 heteroatoms. The molecule has 0 aromatic heterocycles. The van der Waals surface area contributed by atoms with Crippen molar-refractivity contribution < 1.29 is 33.6 Å². The van der Waals surface area contributed by atoms with Crippen molar-refractivity contribution in [1.82, 2.24) is 0 Å². The van der Waals surface area contributed by atoms with Gasteiger partial charge in [-0.15, -0.1) is 0 Å². The fourth-order valence-corrected chi connectivity index (χ4v) is 2.69. The highest BCUT2D eigenvalue weighted by molar-refractivity contribution is 5.96. The van der Waals surface area contributed by atoms with Gasteiger partial charge in [-0.05, 0) is 36.2 Å². The van der Waals surface area contributed by atoms with Crippen LogP contribution >= 0.6 is 0 Å². The minimum Gasteiger partial charge on any atom is -0.493 e. The largest absolute Gasteiger partial charge is 0.493 e. The molecule has 150 valence electrons. The smallest absolute Gasteiger partial charge is 0.335 e. The van der Waals surface area contributed by atoms with E-state index >= 15 is 0 Å². The van der Waals surface area contributed by atoms with E-state index in [-0.39, 0.29) is 35.1 Å². The van der Waals surface area contributed by atoms with Gasteiger partial charge >= 0.3 is 5.97 Å². The first kappa shape index (κ1) is 20.9. The van der Waals surface area contributed by atoms with Gasteiger partial charge in [-0.1, -0.05) is 6.07 Å². The fourth-order valence-electron chi connectivity index (χ4n) is 2.69. The molecule has 2 rings (SSSR count). The Kier molecular flexibility index (Phi) is 7.08. The van der Waals surface area contributed by atoms with E-state index in [1.165, 1.54) is 26.4 Å². The number of aryl methyl sites for hydroxylation is 1. The number of hydrogen-bond donors (Lipinski definition) is 2. The molecule has 0 unspecified atom stereocenters. The van der Waals surface area contributed by atoms with Gasteiger partial charge < -0.3 is 29.4 Å². The maximum Gasteiger partial charge on any atom is 0.335 e. The SMILES string of the molecule is COc1ccc(CCC(=O)Nc2cc(C(=O)O)cc(OC)c2OC)cc1OC. The average molecular weight is 389 g/mol. The van der Waals surface area contributed by atoms with Crippen LogP contribution in [0.4, 0.5) is 5.69 Å². The summed E-state index contributed by atoms with van der Waals surface area (Å²) in [5.41, 5.74) is 1.11. The Morgan fingerprint density at radius 3 is 2.14 bits per heavy atom. The molecule has 0 radical (unpaired) electrons. The van der Waals surface area contributed by atoms with Gasteiger partial charge in [0, 0.05) is 6.42 Å². The van der Waals surface area contributed by atoms with E-state index in [1.54, 1.807) is 26.4 Å². The standard InChI is InChI=1S/C20H23NO7/c1-25-15-7-5-12(9-16(15)26-2)6-8-18(22)21-14-10-13(20(23)24)11-17(27-3)19(14)28-4/h5,7,9-11H,6,8H2,1-4H3,(H,21,22)(H,23,24). The summed E-state index contributed by atoms with van der Waals surface area (Å²) in [6.07, 6.45) is 0.641. The van der Waals surface area contributed by atoms with Gasteiger partial charge in [0.05, 0.1) is 39.7 Å². The first-order valence-corrected chi connectivity index (χ1v) is 8.43. The van der Waals surface area contributed by atoms with E-state index in [0.29, 0.717) is 17.9 Å². The number of anilines is 1. The normalized spacial score (nSPS) is 10.1. The molecule has 8 nitrogen and oxygen atoms in total. The van der Waals surface area contributed by atoms with E-state index in [9.17, 15) is 14.7 Å². The van der Waals surface area contributed by atoms with Gasteiger partial charge in [-0.2, -0.15) is 0 Å². The Bertz CT molecular complexity index is 864. The van der Waals surface area contributed by atoms with Crippen molar-refractivity contribution in [3.05, 3.63) is 41.5 Å². The van der Waals surface area contributed by atoms with E-state index in [4.69, 9.17) is 18.9 Å². The lowest BCUT2D eigenvalue weighted by atomic mass is 10.1. The minimum atomic E-state index is -1.14. The second-order valence-electron chi connectivity index (χ2n) is 5.80. The zero-order valence-electron chi connectivity index (χ0n) is 16.2. The van der Waals surface area contributed by atoms with Gasteiger partial charge in [0.15, 0.2) is 23.0 Å². The molecule has 1 amide bonds. The monoisotopic (exact) mass is 389 g/mol. The molecule has 0 atom stereocenters. The van der Waals surface area contributed by atoms with Crippen molar-refractivity contribution >= 4 is 17.6 Å². The number of methoxy groups -OCH3 is 4. The molecular weight excluding hydrogens is 366 g/mol. The molecule has 0 aliphatic heterocycles. The number of aromatic carboxylic acids is 1. The van der Waals surface area contributed by atoms with Crippen LogP contribution in [0.2, 0.25) is 0 Å². The lowest BCUT2D eigenvalue weighted by Crippen LogP contribution is -2.14. The molecule has 28 heavy (non-hydrogen) atoms. The van der Waals surface area contributed by atoms with Gasteiger partial charge in [-0.3, -0.25) is 4.79 Å². The van der Waals surface area contributed by atoms with Gasteiger partial charge in [0.2, 0.25) is 5.91 Å². The number of nitrogens with one attached hydrogen (secondary N) is 1. The van der Waals surface area contributed by atoms with Crippen molar-refractivity contribution in [3.8, 4) is 23.0 Å². The number of carboxylic acid groups (broad SMARTS) is 1. The minimum absolute atomic E-state index is 0.0205. The Hall–Kier alpha value is -3.42. The zero-order valence-corrected chi connectivity index (χ0v) is 16.2. The molecule has 2 aromatic carbocycles. The molecule has 0 saturated heterocycles. The Morgan fingerprint density at radius 2 is 1.57 bits per heavy atom. The number of amides is 1. The summed E-state index contributed by atoms with van der Waals surface area (Å²) in [5, 5.41) is 11.9. The maximum absolute atomic E-state index is 12.4. The van der Waals surface area contributed by atoms with Crippen molar-refractivity contribution in [1.29, 1.82) is 0 Å². The molecule has 2 aromatic rings. The highest BCUT2D eigenvalue weighted by atomic mass is 16.5. The van der Waals surface area contributed by atoms with Crippen molar-refractivity contribution in [3.63, 3.8) is 0 Å². The first-order valence-electron chi connectivity index (χ1n) is 8.43. The van der Waals surface area contributed by atoms with Crippen LogP contribution < -0.4 is 24.3 Å². The molecule has 0 spiro atoms. The van der Waals surface area contributed by atoms with Crippen LogP contribution in [-0.4, -0.2) is 45.4 Å². The number of carbonyl (C=O) groups excluding carboxylic acids is 1. The third-order valence-corrected chi connectivity index (χ3v) is 4.09. The number of rotatable bonds is 9. The molecule has 0 aliphatic carbocycles. The van der Waals surface area contributed by atoms with E-state index in [2.05, 4.69) is 5.32 Å². The Morgan fingerprint density at radius 1 is 0.893 bits per heavy atom. The summed E-state index contributed by atoms with van der Waals surface area (Å²) >= 11 is 0. The average Bonchev–Trinajstić information content (AvgIpc) is 2.71. The molecule has 0 heterocycles. The second kappa shape index (κ2) is 9.50. The lowest BCUT2D eigenvalue weighted by molar-refractivity contribution is -0.116. The quantitative estimate of drug-likeness (QED) is 0.679. The molecule has 0 aliphatic rings. The van der Waals surface area contributed by atoms with Crippen LogP contribution in [-0.2, 0) is 11.2 Å². The van der Waals surface area contributed by atoms with Crippen LogP contribution in [0.3, 0.4) is 0 Å². The number of ether oxygens (including phenoxy) is 4. The van der Waals surface area contributed by atoms with E-state index in [0.717, 1.165) is 5.56 Å². The molecule has 0 fully saturated rings. The van der Waals surface area contributed by atoms with E-state index < -0.39 is 5.97 Å². The molecule has 2 N–H and O–H groups in total. The molecular formula is C20H23NO7. The highest BCUT2D eigenvalue weighted by Gasteiger charge is 2.17. The van der Waals surface area contributed by atoms with Crippen molar-refractivity contribution in [2.24, 2.45) is 0 Å². The topological polar surface area (TPSA) is 103 Å². The summed E-state index contributed by atoms with van der Waals surface area (Å²) in [4.78, 5) is 23.7. The zero-order chi connectivity index (χ0) is 20.7. The number of benzene rings is 2. The van der Waals surface area contributed by atoms with Crippen LogP contribution in [0.25, 0.3) is 0 Å². The van der Waals surface area contributed by atoms with Crippen molar-refractivity contribution in [2.75, 3.05) is 33.8 Å². The summed E-state index contributed by atoms with van der Waals surface area (Å²) < 4.78 is 20.9. The predicted octanol–water partition coefficient (Wildman–Crippen LogP) is 2.99. The predicted molar refractivity (Wildman–Crippen MR) is 103 cm³/mol. The lowest BCUT2D eigenvalue weighted by Gasteiger charge is -2.15. The van der Waals surface area contributed by atoms with Crippen LogP contribution in [0, 0.1) is 0 Å². The first-order chi connectivity index (χ1) is 13.4. The van der Waals surface area contributed by atoms with Crippen LogP contribution in [0.5, 0.6) is 23.0 Å². The number of carbonyl (C=O) groups is 2. The van der Waals surface area contributed by atoms with Crippen molar-refractivity contribution in [2.45, 2.75) is 12.8 Å². The van der Waals surface area contributed by atoms with Gasteiger partial charge in [0.1, 0.15) is 0 Å². The Labute approximate surface area is 163 Å². The van der Waals surface area contributed by atoms with Gasteiger partial charge in [-0.25, -0.2) is 4.79 Å². The summed E-state index contributed by atoms with van der Waals surface area (Å²) in [7, 11) is 5.91. The third kappa shape index (κ3) is 4.85. The van der Waals surface area contributed by atoms with Gasteiger partial charge in [0.25, 0.3) is 0 Å². The van der Waals surface area contributed by atoms with E-state index in [1.807, 2.05) is 6.07 Å². The fraction of sp³-hybridized carbons (Fsp3) is 0.300. The maximum atomic E-state index is 12.4. The molecule has 0 bridgehead atoms. The number of hydrogen-bond acceptors (Lipinski definition) is 6. The molecule has 0 saturated carbocycles. The Balaban J connectivity index is 2.14. The summed E-state index contributed by atoms with van der Waals surface area (Å²) in [6.45, 7) is 0. The highest BCUT2D eigenvalue weighted by Crippen LogP contribution is 2.37. The third-order valence-electron chi connectivity index (χ3n) is 4.09. The van der Waals surface area contributed by atoms with Crippen LogP contribution in [0.15, 0.2) is 30.3 Å². The second-order valence-corrected chi connectivity index (χ2v) is 5.80. The summed E-state index contributed by atoms with van der Waals surface area (Å²) in [6, 6.07) is 8.10. The number of carboxylic acids is 1. The summed E-state index contributed by atoms with van der Waals surface area (Å²) in [5.74, 6) is 0.239.